The minimum Gasteiger partial charge on any atom is -0.492 e. The molecule has 1 saturated heterocycles. The van der Waals surface area contributed by atoms with Crippen molar-refractivity contribution >= 4 is 68.2 Å². The Kier molecular flexibility index (Phi) is 23.1. The number of hydrogen-bond donors (Lipinski definition) is 9. The molecule has 2 aliphatic heterocycles. The van der Waals surface area contributed by atoms with E-state index in [2.05, 4.69) is 37.5 Å². The predicted molar refractivity (Wildman–Crippen MR) is 298 cm³/mol. The third-order valence-electron chi connectivity index (χ3n) is 13.6. The quantitative estimate of drug-likeness (QED) is 0.0108. The van der Waals surface area contributed by atoms with Crippen LogP contribution in [0.1, 0.15) is 75.8 Å². The molecule has 1 fully saturated rings. The van der Waals surface area contributed by atoms with Crippen LogP contribution in [-0.2, 0) is 59.7 Å². The third kappa shape index (κ3) is 17.3. The minimum atomic E-state index is -4.20. The highest BCUT2D eigenvalue weighted by Gasteiger charge is 2.48. The van der Waals surface area contributed by atoms with Crippen LogP contribution < -0.4 is 46.6 Å². The fourth-order valence-electron chi connectivity index (χ4n) is 9.35. The van der Waals surface area contributed by atoms with E-state index < -0.39 is 76.9 Å². The molecule has 6 amide bonds. The molecule has 6 atom stereocenters. The number of aliphatic hydroxyl groups is 2. The normalized spacial score (nSPS) is 18.1. The lowest BCUT2D eigenvalue weighted by molar-refractivity contribution is -0.668. The van der Waals surface area contributed by atoms with Gasteiger partial charge in [-0.2, -0.15) is 13.1 Å². The van der Waals surface area contributed by atoms with Gasteiger partial charge in [0.15, 0.2) is 5.78 Å². The number of nitrogens with two attached hydrogens (primary N) is 3. The molecule has 12 N–H and O–H groups in total. The van der Waals surface area contributed by atoms with Gasteiger partial charge in [0.2, 0.25) is 35.8 Å². The van der Waals surface area contributed by atoms with Gasteiger partial charge in [0.1, 0.15) is 40.8 Å². The van der Waals surface area contributed by atoms with E-state index in [-0.39, 0.29) is 150 Å². The number of anilines is 2. The Morgan fingerprint density at radius 3 is 2.29 bits per heavy atom. The highest BCUT2D eigenvalue weighted by atomic mass is 32.2. The van der Waals surface area contributed by atoms with E-state index in [1.807, 2.05) is 0 Å². The molecule has 3 aliphatic rings. The molecule has 7 rings (SSSR count). The summed E-state index contributed by atoms with van der Waals surface area (Å²) in [5.41, 5.74) is 14.5. The van der Waals surface area contributed by atoms with Gasteiger partial charge in [-0.25, -0.2) is 23.5 Å². The molecule has 4 aromatic rings. The number of carbonyl (C=O) groups is 6. The van der Waals surface area contributed by atoms with Gasteiger partial charge in [-0.1, -0.05) is 48.9 Å². The number of aliphatic hydroxyl groups excluding tert-OH is 2. The van der Waals surface area contributed by atoms with Crippen LogP contribution in [0.4, 0.5) is 20.7 Å². The number of amides is 6. The van der Waals surface area contributed by atoms with Gasteiger partial charge in [0.25, 0.3) is 22.0 Å². The number of piperidine rings is 1. The number of likely N-dealkylation sites (tertiary alicyclic amines) is 1. The number of hydrogen-bond acceptors (Lipinski definition) is 17. The summed E-state index contributed by atoms with van der Waals surface area (Å²) in [5.74, 6) is 2.31. The summed E-state index contributed by atoms with van der Waals surface area (Å²) in [5, 5.41) is 35.9. The van der Waals surface area contributed by atoms with Crippen LogP contribution in [0, 0.1) is 36.9 Å². The Hall–Kier alpha value is -7.46. The van der Waals surface area contributed by atoms with Gasteiger partial charge in [0.05, 0.1) is 77.1 Å². The van der Waals surface area contributed by atoms with E-state index in [0.717, 1.165) is 0 Å². The lowest BCUT2D eigenvalue weighted by Gasteiger charge is -2.24. The van der Waals surface area contributed by atoms with Crippen LogP contribution in [0.25, 0.3) is 11.0 Å². The van der Waals surface area contributed by atoms with Gasteiger partial charge < -0.3 is 68.7 Å². The zero-order valence-electron chi connectivity index (χ0n) is 46.6. The van der Waals surface area contributed by atoms with Crippen LogP contribution in [0.3, 0.4) is 0 Å². The molecule has 0 spiro atoms. The zero-order valence-corrected chi connectivity index (χ0v) is 47.4. The highest BCUT2D eigenvalue weighted by molar-refractivity contribution is 7.87. The van der Waals surface area contributed by atoms with Crippen molar-refractivity contribution in [2.75, 3.05) is 76.9 Å². The Bertz CT molecular complexity index is 3200. The largest absolute Gasteiger partial charge is 0.492 e. The second kappa shape index (κ2) is 29.7. The van der Waals surface area contributed by atoms with E-state index in [0.29, 0.717) is 35.2 Å². The maximum Gasteiger partial charge on any atom is 0.312 e. The molecule has 26 nitrogen and oxygen atoms in total. The molecule has 450 valence electrons. The molecular formula is C55H72FN11O15S. The number of nitrogens with one attached hydrogen (secondary N) is 4. The molecule has 1 aliphatic carbocycles. The summed E-state index contributed by atoms with van der Waals surface area (Å²) in [7, 11) is -4.20. The minimum absolute atomic E-state index is 0. The standard InChI is InChI=1S/C54H68FN11O15S.CH3/c1-4-80-41-9-5-8-39(55)36(41)15-12-34-29-66(53-47(70)46(69)42(81-53)27-61-82(58,75)76)50-44(34)48(56)60-30-64(50)28-32-10-13-35(14-11-32)62-49(71)33(7-6-17-59-54(57)74)25-40(67)45(31(2)3)63-43(68)16-19-77-21-23-79-24-22-78-20-18-65-51(72)37-26-38(37)52(65)73;/h5,8-11,13-14,29-31,33,42,45-47,53,56,61,69-70H,4,6-7,16-28H2,1-3H3,(H7,57,58,59,62,63,68,71,74,75,76);1H3/q;-1/p+1/t33-,42-,45+,46-,47-,53+;/m1./s1. The van der Waals surface area contributed by atoms with Crippen molar-refractivity contribution in [3.8, 4) is 17.6 Å². The smallest absolute Gasteiger partial charge is 0.312 e. The van der Waals surface area contributed by atoms with Crippen molar-refractivity contribution in [1.29, 1.82) is 0 Å². The fourth-order valence-corrected chi connectivity index (χ4v) is 9.75. The van der Waals surface area contributed by atoms with Crippen molar-refractivity contribution in [3.05, 3.63) is 96.1 Å². The summed E-state index contributed by atoms with van der Waals surface area (Å²) in [6.07, 6.45) is -2.24. The van der Waals surface area contributed by atoms with Crippen LogP contribution in [0.15, 0.2) is 66.1 Å². The maximum absolute atomic E-state index is 15.2. The summed E-state index contributed by atoms with van der Waals surface area (Å²) in [6.45, 7) is 6.58. The first-order valence-corrected chi connectivity index (χ1v) is 28.2. The number of urea groups is 1. The number of imide groups is 1. The first kappa shape index (κ1) is 64.7. The molecule has 28 heteroatoms. The Morgan fingerprint density at radius 2 is 1.64 bits per heavy atom. The van der Waals surface area contributed by atoms with Gasteiger partial charge >= 0.3 is 6.03 Å². The summed E-state index contributed by atoms with van der Waals surface area (Å²) in [6, 6.07) is 9.31. The van der Waals surface area contributed by atoms with Crippen molar-refractivity contribution in [2.24, 2.45) is 22.7 Å². The molecule has 0 unspecified atom stereocenters. The van der Waals surface area contributed by atoms with E-state index in [1.54, 1.807) is 55.7 Å². The number of carbonyl (C=O) groups excluding carboxylic acids is 6. The number of Topliss-reactive ketones (excluding diaryl/α,β-unsaturated/α-hetero) is 1. The second-order valence-corrected chi connectivity index (χ2v) is 21.3. The van der Waals surface area contributed by atoms with E-state index in [4.69, 9.17) is 40.3 Å². The third-order valence-corrected chi connectivity index (χ3v) is 14.2. The number of ketones is 1. The molecule has 0 radical (unpaired) electrons. The Morgan fingerprint density at radius 1 is 0.964 bits per heavy atom. The van der Waals surface area contributed by atoms with Gasteiger partial charge in [-0.15, -0.1) is 0 Å². The lowest BCUT2D eigenvalue weighted by Crippen LogP contribution is -2.45. The summed E-state index contributed by atoms with van der Waals surface area (Å²) in [4.78, 5) is 82.0. The van der Waals surface area contributed by atoms with Crippen LogP contribution in [0.2, 0.25) is 0 Å². The number of nitrogens with zero attached hydrogens (tertiary/aromatic N) is 4. The number of benzene rings is 2. The molecule has 2 aromatic carbocycles. The van der Waals surface area contributed by atoms with Crippen molar-refractivity contribution in [3.63, 3.8) is 0 Å². The number of rotatable bonds is 31. The molecule has 4 heterocycles. The highest BCUT2D eigenvalue weighted by Crippen LogP contribution is 2.40. The van der Waals surface area contributed by atoms with Gasteiger partial charge in [-0.3, -0.25) is 28.9 Å². The number of ether oxygens (including phenoxy) is 5. The van der Waals surface area contributed by atoms with Crippen molar-refractivity contribution in [2.45, 2.75) is 90.0 Å². The van der Waals surface area contributed by atoms with Crippen molar-refractivity contribution < 1.29 is 80.0 Å². The fraction of sp³-hybridized carbons (Fsp3) is 0.473. The van der Waals surface area contributed by atoms with E-state index in [9.17, 15) is 47.4 Å². The van der Waals surface area contributed by atoms with Crippen LogP contribution in [-0.4, -0.2) is 159 Å². The van der Waals surface area contributed by atoms with Gasteiger partial charge in [0, 0.05) is 55.1 Å². The predicted octanol–water partition coefficient (Wildman–Crippen LogP) is 0.367. The molecule has 83 heavy (non-hydrogen) atoms. The summed E-state index contributed by atoms with van der Waals surface area (Å²) < 4.78 is 72.0. The molecule has 2 aromatic heterocycles. The number of primary amides is 1. The van der Waals surface area contributed by atoms with E-state index in [1.165, 1.54) is 34.1 Å². The second-order valence-electron chi connectivity index (χ2n) is 19.9. The number of nitrogen functional groups attached to an aromatic ring is 1. The molecule has 0 saturated carbocycles. The average molecular weight is 1180 g/mol. The average Bonchev–Trinajstić information content (AvgIpc) is 3.33. The topological polar surface area (TPSA) is 374 Å². The lowest BCUT2D eigenvalue weighted by atomic mass is 9.89. The first-order chi connectivity index (χ1) is 39.1. The molecular weight excluding hydrogens is 1110 g/mol. The maximum atomic E-state index is 15.2. The van der Waals surface area contributed by atoms with Crippen LogP contribution >= 0.6 is 0 Å². The monoisotopic (exact) mass is 1180 g/mol. The zero-order chi connectivity index (χ0) is 59.3. The first-order valence-electron chi connectivity index (χ1n) is 26.6. The Balaban J connectivity index is 0.0000111. The van der Waals surface area contributed by atoms with Crippen LogP contribution in [0.5, 0.6) is 5.75 Å². The number of aromatic nitrogens is 3. The number of halogens is 1. The SMILES string of the molecule is CCOc1cccc(F)c1C#Cc1cn([C@H]2O[C@H](CNS(N)(=O)=O)[C@@H](O)[C@H]2O)c2c1c(N)nc[n+]2Cc1ccc(NC(=O)[C@H](CCCNC(N)=O)CC(=O)[C@@H](NC(=O)CCOCCOCCOCCN2C(=O)C3=C(C3)C2=O)C(C)C)cc1.[CH3-]. The van der Waals surface area contributed by atoms with Gasteiger partial charge in [-0.05, 0) is 55.5 Å². The summed E-state index contributed by atoms with van der Waals surface area (Å²) >= 11 is 0. The van der Waals surface area contributed by atoms with Crippen molar-refractivity contribution in [1.82, 2.24) is 29.8 Å². The number of fused-ring (bicyclic) bond motifs is 1. The molecule has 0 bridgehead atoms. The Labute approximate surface area is 479 Å². The van der Waals surface area contributed by atoms with E-state index >= 15 is 4.39 Å².